The van der Waals surface area contributed by atoms with Gasteiger partial charge in [0, 0.05) is 13.6 Å². The van der Waals surface area contributed by atoms with Crippen LogP contribution >= 0.6 is 0 Å². The van der Waals surface area contributed by atoms with Gasteiger partial charge in [0.2, 0.25) is 0 Å². The average molecular weight is 278 g/mol. The van der Waals surface area contributed by atoms with Crippen LogP contribution in [0, 0.1) is 0 Å². The van der Waals surface area contributed by atoms with E-state index in [1.807, 2.05) is 0 Å². The molecule has 0 radical (unpaired) electrons. The predicted octanol–water partition coefficient (Wildman–Crippen LogP) is 3.98. The standard InChI is InChI=1S/C19H22N2/c1-3-19-20(2)17-9-4-5-10-18(17)21(19)13-15-8-6-7-14-11-12-16(14)15/h4-10,19H,3,11-13H2,1-2H3. The third kappa shape index (κ3) is 1.85. The zero-order chi connectivity index (χ0) is 14.4. The fourth-order valence-corrected chi connectivity index (χ4v) is 3.88. The molecule has 2 aromatic carbocycles. The van der Waals surface area contributed by atoms with Crippen molar-refractivity contribution >= 4 is 11.4 Å². The van der Waals surface area contributed by atoms with Crippen LogP contribution in [-0.4, -0.2) is 13.2 Å². The largest absolute Gasteiger partial charge is 0.353 e. The third-order valence-electron chi connectivity index (χ3n) is 5.10. The van der Waals surface area contributed by atoms with Gasteiger partial charge in [-0.3, -0.25) is 0 Å². The molecule has 2 heteroatoms. The summed E-state index contributed by atoms with van der Waals surface area (Å²) in [5.74, 6) is 0. The maximum Gasteiger partial charge on any atom is 0.101 e. The first-order valence-corrected chi connectivity index (χ1v) is 7.97. The second-order valence-corrected chi connectivity index (χ2v) is 6.17. The number of aryl methyl sites for hydroxylation is 1. The Bertz CT molecular complexity index is 677. The second kappa shape index (κ2) is 4.80. The highest BCUT2D eigenvalue weighted by Crippen LogP contribution is 2.41. The average Bonchev–Trinajstić information content (AvgIpc) is 2.74. The number of para-hydroxylation sites is 2. The van der Waals surface area contributed by atoms with E-state index in [2.05, 4.69) is 66.2 Å². The Morgan fingerprint density at radius 3 is 2.52 bits per heavy atom. The lowest BCUT2D eigenvalue weighted by Gasteiger charge is -2.32. The third-order valence-corrected chi connectivity index (χ3v) is 5.10. The maximum atomic E-state index is 2.57. The molecule has 21 heavy (non-hydrogen) atoms. The summed E-state index contributed by atoms with van der Waals surface area (Å²) in [6.45, 7) is 3.31. The molecule has 1 aliphatic carbocycles. The van der Waals surface area contributed by atoms with Crippen molar-refractivity contribution in [2.24, 2.45) is 0 Å². The van der Waals surface area contributed by atoms with Gasteiger partial charge >= 0.3 is 0 Å². The number of fused-ring (bicyclic) bond motifs is 2. The van der Waals surface area contributed by atoms with Crippen molar-refractivity contribution in [3.63, 3.8) is 0 Å². The molecule has 0 fully saturated rings. The molecule has 1 heterocycles. The van der Waals surface area contributed by atoms with Crippen LogP contribution in [0.3, 0.4) is 0 Å². The summed E-state index contributed by atoms with van der Waals surface area (Å²) in [6, 6.07) is 15.6. The Balaban J connectivity index is 1.72. The van der Waals surface area contributed by atoms with E-state index in [4.69, 9.17) is 0 Å². The van der Waals surface area contributed by atoms with E-state index in [9.17, 15) is 0 Å². The Morgan fingerprint density at radius 1 is 1.00 bits per heavy atom. The molecule has 2 nitrogen and oxygen atoms in total. The van der Waals surface area contributed by atoms with Gasteiger partial charge in [0.1, 0.15) is 6.17 Å². The summed E-state index contributed by atoms with van der Waals surface area (Å²) in [5, 5.41) is 0. The lowest BCUT2D eigenvalue weighted by Crippen LogP contribution is -2.40. The number of benzene rings is 2. The summed E-state index contributed by atoms with van der Waals surface area (Å²) in [6.07, 6.45) is 4.13. The smallest absolute Gasteiger partial charge is 0.101 e. The predicted molar refractivity (Wildman–Crippen MR) is 89.0 cm³/mol. The Labute approximate surface area is 127 Å². The van der Waals surface area contributed by atoms with Crippen LogP contribution in [0.1, 0.15) is 30.0 Å². The van der Waals surface area contributed by atoms with Crippen LogP contribution in [0.4, 0.5) is 11.4 Å². The summed E-state index contributed by atoms with van der Waals surface area (Å²) in [7, 11) is 2.22. The van der Waals surface area contributed by atoms with Crippen molar-refractivity contribution in [1.82, 2.24) is 0 Å². The van der Waals surface area contributed by atoms with Crippen LogP contribution in [0.5, 0.6) is 0 Å². The van der Waals surface area contributed by atoms with E-state index in [0.29, 0.717) is 6.17 Å². The number of rotatable bonds is 3. The molecule has 0 saturated carbocycles. The highest BCUT2D eigenvalue weighted by molar-refractivity contribution is 5.77. The molecule has 2 aliphatic rings. The van der Waals surface area contributed by atoms with E-state index in [0.717, 1.165) is 13.0 Å². The molecular formula is C19H22N2. The van der Waals surface area contributed by atoms with Gasteiger partial charge < -0.3 is 9.80 Å². The van der Waals surface area contributed by atoms with Gasteiger partial charge in [0.15, 0.2) is 0 Å². The quantitative estimate of drug-likeness (QED) is 0.838. The van der Waals surface area contributed by atoms with Gasteiger partial charge in [-0.05, 0) is 48.1 Å². The lowest BCUT2D eigenvalue weighted by molar-refractivity contribution is 0.586. The first-order chi connectivity index (χ1) is 10.3. The van der Waals surface area contributed by atoms with Crippen molar-refractivity contribution in [2.45, 2.75) is 38.9 Å². The van der Waals surface area contributed by atoms with Crippen LogP contribution in [0.2, 0.25) is 0 Å². The van der Waals surface area contributed by atoms with E-state index in [1.54, 1.807) is 11.1 Å². The van der Waals surface area contributed by atoms with E-state index in [-0.39, 0.29) is 0 Å². The molecule has 108 valence electrons. The van der Waals surface area contributed by atoms with Crippen LogP contribution in [0.15, 0.2) is 42.5 Å². The van der Waals surface area contributed by atoms with E-state index < -0.39 is 0 Å². The van der Waals surface area contributed by atoms with Gasteiger partial charge in [0.05, 0.1) is 11.4 Å². The molecule has 1 aliphatic heterocycles. The van der Waals surface area contributed by atoms with E-state index in [1.165, 1.54) is 29.8 Å². The zero-order valence-corrected chi connectivity index (χ0v) is 12.8. The first-order valence-electron chi connectivity index (χ1n) is 7.97. The van der Waals surface area contributed by atoms with Crippen molar-refractivity contribution in [3.8, 4) is 0 Å². The molecule has 0 spiro atoms. The molecule has 1 atom stereocenters. The van der Waals surface area contributed by atoms with Crippen LogP contribution in [0.25, 0.3) is 0 Å². The molecule has 0 N–H and O–H groups in total. The number of hydrogen-bond donors (Lipinski definition) is 0. The zero-order valence-electron chi connectivity index (χ0n) is 12.8. The molecule has 1 unspecified atom stereocenters. The van der Waals surface area contributed by atoms with Crippen molar-refractivity contribution in [1.29, 1.82) is 0 Å². The summed E-state index contributed by atoms with van der Waals surface area (Å²) in [4.78, 5) is 4.99. The molecule has 0 amide bonds. The van der Waals surface area contributed by atoms with Gasteiger partial charge in [-0.25, -0.2) is 0 Å². The van der Waals surface area contributed by atoms with Gasteiger partial charge in [-0.1, -0.05) is 37.3 Å². The molecule has 0 bridgehead atoms. The van der Waals surface area contributed by atoms with Crippen molar-refractivity contribution < 1.29 is 0 Å². The molecule has 0 saturated heterocycles. The van der Waals surface area contributed by atoms with Crippen LogP contribution < -0.4 is 9.80 Å². The fraction of sp³-hybridized carbons (Fsp3) is 0.368. The number of nitrogens with zero attached hydrogens (tertiary/aromatic N) is 2. The van der Waals surface area contributed by atoms with Crippen LogP contribution in [-0.2, 0) is 19.4 Å². The summed E-state index contributed by atoms with van der Waals surface area (Å²) >= 11 is 0. The lowest BCUT2D eigenvalue weighted by atomic mass is 9.84. The molecule has 2 aromatic rings. The van der Waals surface area contributed by atoms with Crippen molar-refractivity contribution in [2.75, 3.05) is 16.8 Å². The highest BCUT2D eigenvalue weighted by atomic mass is 15.4. The topological polar surface area (TPSA) is 6.48 Å². The first kappa shape index (κ1) is 12.8. The normalized spacial score (nSPS) is 19.2. The van der Waals surface area contributed by atoms with Gasteiger partial charge in [0.25, 0.3) is 0 Å². The number of hydrogen-bond acceptors (Lipinski definition) is 2. The second-order valence-electron chi connectivity index (χ2n) is 6.17. The Morgan fingerprint density at radius 2 is 1.81 bits per heavy atom. The monoisotopic (exact) mass is 278 g/mol. The maximum absolute atomic E-state index is 2.57. The molecule has 0 aromatic heterocycles. The van der Waals surface area contributed by atoms with Gasteiger partial charge in [-0.15, -0.1) is 0 Å². The number of anilines is 2. The van der Waals surface area contributed by atoms with Gasteiger partial charge in [-0.2, -0.15) is 0 Å². The minimum Gasteiger partial charge on any atom is -0.353 e. The molecule has 4 rings (SSSR count). The summed E-state index contributed by atoms with van der Waals surface area (Å²) < 4.78 is 0. The molecular weight excluding hydrogens is 256 g/mol. The fourth-order valence-electron chi connectivity index (χ4n) is 3.88. The Kier molecular flexibility index (Phi) is 2.91. The SMILES string of the molecule is CCC1N(C)c2ccccc2N1Cc1cccc2c1CC2. The Hall–Kier alpha value is -1.96. The van der Waals surface area contributed by atoms with E-state index >= 15 is 0 Å². The minimum absolute atomic E-state index is 0.471. The summed E-state index contributed by atoms with van der Waals surface area (Å²) in [5.41, 5.74) is 7.41. The minimum atomic E-state index is 0.471. The van der Waals surface area contributed by atoms with Crippen molar-refractivity contribution in [3.05, 3.63) is 59.2 Å². The highest BCUT2D eigenvalue weighted by Gasteiger charge is 2.32.